The van der Waals surface area contributed by atoms with Crippen LogP contribution in [0.5, 0.6) is 0 Å². The molecular weight excluding hydrogens is 212 g/mol. The van der Waals surface area contributed by atoms with Crippen molar-refractivity contribution in [2.45, 2.75) is 12.0 Å². The molecule has 0 aromatic rings. The van der Waals surface area contributed by atoms with Gasteiger partial charge in [0.25, 0.3) is 0 Å². The van der Waals surface area contributed by atoms with E-state index in [1.54, 1.807) is 0 Å². The lowest BCUT2D eigenvalue weighted by Gasteiger charge is -2.26. The van der Waals surface area contributed by atoms with Crippen LogP contribution in [0.2, 0.25) is 0 Å². The number of rotatable bonds is 1. The van der Waals surface area contributed by atoms with E-state index in [4.69, 9.17) is 9.47 Å². The van der Waals surface area contributed by atoms with Gasteiger partial charge in [-0.1, -0.05) is 0 Å². The molecule has 0 aromatic carbocycles. The van der Waals surface area contributed by atoms with Crippen LogP contribution >= 0.6 is 0 Å². The minimum absolute atomic E-state index is 0.00259. The monoisotopic (exact) mass is 224 g/mol. The Balaban J connectivity index is 2.03. The highest BCUT2D eigenvalue weighted by Crippen LogP contribution is 2.53. The van der Waals surface area contributed by atoms with Crippen molar-refractivity contribution in [3.63, 3.8) is 0 Å². The Morgan fingerprint density at radius 3 is 3.19 bits per heavy atom. The topological polar surface area (TPSA) is 77.3 Å². The summed E-state index contributed by atoms with van der Waals surface area (Å²) in [5, 5.41) is 8.05. The smallest absolute Gasteiger partial charge is 0.336 e. The van der Waals surface area contributed by atoms with E-state index in [0.717, 1.165) is 0 Å². The third-order valence-corrected chi connectivity index (χ3v) is 3.97. The second kappa shape index (κ2) is 3.02. The minimum Gasteiger partial charge on any atom is -0.467 e. The molecule has 2 fully saturated rings. The van der Waals surface area contributed by atoms with Crippen LogP contribution in [-0.2, 0) is 19.1 Å². The number of azo groups is 1. The van der Waals surface area contributed by atoms with Gasteiger partial charge < -0.3 is 9.47 Å². The van der Waals surface area contributed by atoms with E-state index < -0.39 is 5.54 Å². The predicted molar refractivity (Wildman–Crippen MR) is 50.5 cm³/mol. The molecule has 2 heterocycles. The number of methoxy groups -OCH3 is 1. The normalized spacial score (nSPS) is 44.1. The average Bonchev–Trinajstić information content (AvgIpc) is 2.90. The largest absolute Gasteiger partial charge is 0.467 e. The van der Waals surface area contributed by atoms with E-state index in [1.165, 1.54) is 7.11 Å². The van der Waals surface area contributed by atoms with Crippen molar-refractivity contribution in [3.8, 4) is 0 Å². The Kier molecular flexibility index (Phi) is 1.84. The van der Waals surface area contributed by atoms with E-state index in [0.29, 0.717) is 13.0 Å². The van der Waals surface area contributed by atoms with Gasteiger partial charge >= 0.3 is 11.9 Å². The summed E-state index contributed by atoms with van der Waals surface area (Å²) in [4.78, 5) is 23.4. The van der Waals surface area contributed by atoms with Crippen molar-refractivity contribution in [1.82, 2.24) is 0 Å². The Labute approximate surface area is 92.0 Å². The van der Waals surface area contributed by atoms with Gasteiger partial charge in [0, 0.05) is 11.8 Å². The number of fused-ring (bicyclic) bond motifs is 3. The molecule has 6 nitrogen and oxygen atoms in total. The number of carbonyl (C=O) groups excluding carboxylic acids is 2. The van der Waals surface area contributed by atoms with E-state index in [9.17, 15) is 9.59 Å². The Morgan fingerprint density at radius 1 is 1.62 bits per heavy atom. The van der Waals surface area contributed by atoms with Gasteiger partial charge in [0.1, 0.15) is 0 Å². The van der Waals surface area contributed by atoms with Crippen LogP contribution in [0.3, 0.4) is 0 Å². The molecule has 3 rings (SSSR count). The van der Waals surface area contributed by atoms with Crippen molar-refractivity contribution in [3.05, 3.63) is 0 Å². The lowest BCUT2D eigenvalue weighted by atomic mass is 9.81. The lowest BCUT2D eigenvalue weighted by Crippen LogP contribution is -2.46. The van der Waals surface area contributed by atoms with Gasteiger partial charge in [0.2, 0.25) is 0 Å². The maximum absolute atomic E-state index is 11.9. The molecule has 0 aromatic heterocycles. The average molecular weight is 224 g/mol. The summed E-state index contributed by atoms with van der Waals surface area (Å²) in [5.41, 5.74) is -0.953. The van der Waals surface area contributed by atoms with Gasteiger partial charge in [-0.2, -0.15) is 10.2 Å². The van der Waals surface area contributed by atoms with E-state index in [2.05, 4.69) is 10.2 Å². The second-order valence-corrected chi connectivity index (χ2v) is 4.52. The van der Waals surface area contributed by atoms with Crippen LogP contribution in [0.15, 0.2) is 10.2 Å². The zero-order chi connectivity index (χ0) is 11.3. The standard InChI is InChI=1S/C10H12N2O4/c1-15-9(14)10-5(3-11-12-10)2-6-7(10)4-16-8(6)13/h5-7H,2-4H2,1H3/t5-,6+,7+,10+/m1/s1. The summed E-state index contributed by atoms with van der Waals surface area (Å²) in [6, 6.07) is 0. The summed E-state index contributed by atoms with van der Waals surface area (Å²) in [6.45, 7) is 0.767. The van der Waals surface area contributed by atoms with Gasteiger partial charge in [-0.3, -0.25) is 4.79 Å². The molecule has 1 saturated carbocycles. The summed E-state index contributed by atoms with van der Waals surface area (Å²) in [6.07, 6.45) is 0.631. The number of carbonyl (C=O) groups is 2. The first-order chi connectivity index (χ1) is 7.70. The first kappa shape index (κ1) is 9.74. The lowest BCUT2D eigenvalue weighted by molar-refractivity contribution is -0.150. The first-order valence-corrected chi connectivity index (χ1v) is 5.34. The van der Waals surface area contributed by atoms with Crippen LogP contribution < -0.4 is 0 Å². The van der Waals surface area contributed by atoms with Gasteiger partial charge in [0.05, 0.1) is 26.2 Å². The molecule has 1 aliphatic carbocycles. The van der Waals surface area contributed by atoms with Crippen LogP contribution in [0.4, 0.5) is 0 Å². The van der Waals surface area contributed by atoms with E-state index >= 15 is 0 Å². The molecule has 3 aliphatic rings. The highest BCUT2D eigenvalue weighted by Gasteiger charge is 2.67. The summed E-state index contributed by atoms with van der Waals surface area (Å²) in [7, 11) is 1.34. The molecule has 0 spiro atoms. The first-order valence-electron chi connectivity index (χ1n) is 5.34. The second-order valence-electron chi connectivity index (χ2n) is 4.52. The Bertz CT molecular complexity index is 394. The SMILES string of the molecule is COC(=O)[C@]12N=NC[C@H]1C[C@@H]1C(=O)OC[C@@H]12. The third kappa shape index (κ3) is 0.923. The maximum atomic E-state index is 11.9. The number of nitrogens with zero attached hydrogens (tertiary/aromatic N) is 2. The molecular formula is C10H12N2O4. The minimum atomic E-state index is -0.953. The van der Waals surface area contributed by atoms with Crippen molar-refractivity contribution >= 4 is 11.9 Å². The molecule has 0 bridgehead atoms. The summed E-state index contributed by atoms with van der Waals surface area (Å²) >= 11 is 0. The molecule has 4 atom stereocenters. The van der Waals surface area contributed by atoms with Crippen molar-refractivity contribution in [2.75, 3.05) is 20.3 Å². The molecule has 16 heavy (non-hydrogen) atoms. The van der Waals surface area contributed by atoms with Crippen LogP contribution in [0.25, 0.3) is 0 Å². The summed E-state index contributed by atoms with van der Waals surface area (Å²) in [5.74, 6) is -0.989. The van der Waals surface area contributed by atoms with Gasteiger partial charge in [-0.15, -0.1) is 0 Å². The van der Waals surface area contributed by atoms with Crippen molar-refractivity contribution in [1.29, 1.82) is 0 Å². The van der Waals surface area contributed by atoms with Gasteiger partial charge in [-0.05, 0) is 6.42 Å². The van der Waals surface area contributed by atoms with E-state index in [-0.39, 0.29) is 36.3 Å². The number of hydrogen-bond donors (Lipinski definition) is 0. The molecule has 0 radical (unpaired) electrons. The van der Waals surface area contributed by atoms with Crippen LogP contribution in [0.1, 0.15) is 6.42 Å². The molecule has 0 amide bonds. The fourth-order valence-electron chi connectivity index (χ4n) is 3.19. The number of esters is 2. The molecule has 6 heteroatoms. The molecule has 0 unspecified atom stereocenters. The van der Waals surface area contributed by atoms with Crippen molar-refractivity contribution < 1.29 is 19.1 Å². The quantitative estimate of drug-likeness (QED) is 0.595. The van der Waals surface area contributed by atoms with Gasteiger partial charge in [0.15, 0.2) is 5.54 Å². The highest BCUT2D eigenvalue weighted by atomic mass is 16.5. The summed E-state index contributed by atoms with van der Waals surface area (Å²) < 4.78 is 9.82. The Morgan fingerprint density at radius 2 is 2.44 bits per heavy atom. The fraction of sp³-hybridized carbons (Fsp3) is 0.800. The molecule has 0 N–H and O–H groups in total. The van der Waals surface area contributed by atoms with Crippen molar-refractivity contribution in [2.24, 2.45) is 28.0 Å². The van der Waals surface area contributed by atoms with E-state index in [1.807, 2.05) is 0 Å². The van der Waals surface area contributed by atoms with Crippen LogP contribution in [0, 0.1) is 17.8 Å². The molecule has 1 saturated heterocycles. The third-order valence-electron chi connectivity index (χ3n) is 3.97. The number of hydrogen-bond acceptors (Lipinski definition) is 6. The van der Waals surface area contributed by atoms with Crippen LogP contribution in [-0.4, -0.2) is 37.7 Å². The Hall–Kier alpha value is -1.46. The molecule has 2 aliphatic heterocycles. The number of cyclic esters (lactones) is 1. The number of ether oxygens (including phenoxy) is 2. The zero-order valence-electron chi connectivity index (χ0n) is 8.88. The zero-order valence-corrected chi connectivity index (χ0v) is 8.88. The van der Waals surface area contributed by atoms with Gasteiger partial charge in [-0.25, -0.2) is 4.79 Å². The highest BCUT2D eigenvalue weighted by molar-refractivity contribution is 5.87. The molecule has 86 valence electrons. The predicted octanol–water partition coefficient (Wildman–Crippen LogP) is 0.173. The maximum Gasteiger partial charge on any atom is 0.336 e. The fourth-order valence-corrected chi connectivity index (χ4v) is 3.19.